The zero-order valence-corrected chi connectivity index (χ0v) is 13.1. The van der Waals surface area contributed by atoms with Crippen LogP contribution in [0.4, 0.5) is 0 Å². The molecule has 1 heterocycles. The summed E-state index contributed by atoms with van der Waals surface area (Å²) < 4.78 is 27.9. The number of primary sulfonamides is 1. The molecular weight excluding hydrogens is 280 g/mol. The van der Waals surface area contributed by atoms with E-state index < -0.39 is 15.9 Å². The minimum absolute atomic E-state index is 0.0359. The number of nitrogens with one attached hydrogen (secondary N) is 1. The summed E-state index contributed by atoms with van der Waals surface area (Å²) in [5.74, 6) is -0.340. The fourth-order valence-electron chi connectivity index (χ4n) is 2.18. The summed E-state index contributed by atoms with van der Waals surface area (Å²) in [5.41, 5.74) is -0.306. The topological polar surface area (TPSA) is 102 Å². The van der Waals surface area contributed by atoms with Crippen molar-refractivity contribution in [1.82, 2.24) is 5.32 Å². The van der Waals surface area contributed by atoms with E-state index in [0.29, 0.717) is 0 Å². The van der Waals surface area contributed by atoms with E-state index in [2.05, 4.69) is 5.32 Å². The summed E-state index contributed by atoms with van der Waals surface area (Å²) in [6, 6.07) is 1.17. The Morgan fingerprint density at radius 1 is 1.30 bits per heavy atom. The maximum absolute atomic E-state index is 12.2. The van der Waals surface area contributed by atoms with E-state index in [-0.39, 0.29) is 22.0 Å². The molecular formula is C13H22N2O4S. The van der Waals surface area contributed by atoms with E-state index in [4.69, 9.17) is 9.56 Å². The van der Waals surface area contributed by atoms with Crippen molar-refractivity contribution < 1.29 is 17.6 Å². The lowest BCUT2D eigenvalue weighted by atomic mass is 9.90. The Kier molecular flexibility index (Phi) is 4.99. The van der Waals surface area contributed by atoms with Gasteiger partial charge < -0.3 is 9.73 Å². The maximum atomic E-state index is 12.2. The number of aryl methyl sites for hydroxylation is 1. The second-order valence-electron chi connectivity index (χ2n) is 4.87. The first-order chi connectivity index (χ1) is 9.19. The van der Waals surface area contributed by atoms with Crippen LogP contribution >= 0.6 is 0 Å². The Morgan fingerprint density at radius 2 is 1.80 bits per heavy atom. The number of carbonyl (C=O) groups excluding carboxylic acids is 1. The molecule has 1 aromatic rings. The lowest BCUT2D eigenvalue weighted by molar-refractivity contribution is 0.0858. The molecule has 1 rings (SSSR count). The minimum Gasteiger partial charge on any atom is -0.455 e. The Labute approximate surface area is 119 Å². The Hall–Kier alpha value is -1.34. The molecule has 0 radical (unpaired) electrons. The highest BCUT2D eigenvalue weighted by Gasteiger charge is 2.29. The van der Waals surface area contributed by atoms with Crippen molar-refractivity contribution in [2.45, 2.75) is 57.4 Å². The lowest BCUT2D eigenvalue weighted by Gasteiger charge is -2.31. The maximum Gasteiger partial charge on any atom is 0.287 e. The van der Waals surface area contributed by atoms with Gasteiger partial charge in [0.1, 0.15) is 10.7 Å². The monoisotopic (exact) mass is 302 g/mol. The van der Waals surface area contributed by atoms with Gasteiger partial charge >= 0.3 is 0 Å². The standard InChI is InChI=1S/C13H22N2O4S/c1-5-13(6-2,7-3)15-12(16)10-8-11(9(4)19-10)20(14,17)18/h8H,5-7H2,1-4H3,(H,15,16)(H2,14,17,18). The predicted molar refractivity (Wildman–Crippen MR) is 75.9 cm³/mol. The number of hydrogen-bond donors (Lipinski definition) is 2. The van der Waals surface area contributed by atoms with Crippen LogP contribution in [0.15, 0.2) is 15.4 Å². The number of furan rings is 1. The van der Waals surface area contributed by atoms with Crippen LogP contribution < -0.4 is 10.5 Å². The third-order valence-corrected chi connectivity index (χ3v) is 4.83. The third kappa shape index (κ3) is 3.40. The Bertz CT molecular complexity index is 577. The van der Waals surface area contributed by atoms with E-state index in [1.54, 1.807) is 0 Å². The van der Waals surface area contributed by atoms with E-state index >= 15 is 0 Å². The van der Waals surface area contributed by atoms with Crippen molar-refractivity contribution in [1.29, 1.82) is 0 Å². The first kappa shape index (κ1) is 16.7. The van der Waals surface area contributed by atoms with E-state index in [9.17, 15) is 13.2 Å². The van der Waals surface area contributed by atoms with Crippen LogP contribution in [0.5, 0.6) is 0 Å². The van der Waals surface area contributed by atoms with Gasteiger partial charge in [0.15, 0.2) is 5.76 Å². The van der Waals surface area contributed by atoms with Gasteiger partial charge in [-0.1, -0.05) is 20.8 Å². The quantitative estimate of drug-likeness (QED) is 0.838. The molecule has 0 unspecified atom stereocenters. The van der Waals surface area contributed by atoms with Crippen molar-refractivity contribution in [3.63, 3.8) is 0 Å². The average Bonchev–Trinajstić information content (AvgIpc) is 2.78. The third-order valence-electron chi connectivity index (χ3n) is 3.81. The van der Waals surface area contributed by atoms with Crippen molar-refractivity contribution >= 4 is 15.9 Å². The first-order valence-corrected chi connectivity index (χ1v) is 8.19. The van der Waals surface area contributed by atoms with Crippen molar-refractivity contribution in [2.24, 2.45) is 5.14 Å². The molecule has 0 bridgehead atoms. The summed E-state index contributed by atoms with van der Waals surface area (Å²) >= 11 is 0. The van der Waals surface area contributed by atoms with Crippen molar-refractivity contribution in [3.05, 3.63) is 17.6 Å². The van der Waals surface area contributed by atoms with Gasteiger partial charge in [-0.3, -0.25) is 4.79 Å². The van der Waals surface area contributed by atoms with Gasteiger partial charge in [0.2, 0.25) is 10.0 Å². The van der Waals surface area contributed by atoms with Crippen LogP contribution in [-0.2, 0) is 10.0 Å². The molecule has 0 fully saturated rings. The van der Waals surface area contributed by atoms with Gasteiger partial charge in [-0.2, -0.15) is 0 Å². The fraction of sp³-hybridized carbons (Fsp3) is 0.615. The molecule has 1 aromatic heterocycles. The summed E-state index contributed by atoms with van der Waals surface area (Å²) in [7, 11) is -3.88. The number of nitrogens with two attached hydrogens (primary N) is 1. The molecule has 0 saturated carbocycles. The van der Waals surface area contributed by atoms with Gasteiger partial charge in [0.25, 0.3) is 5.91 Å². The number of sulfonamides is 1. The highest BCUT2D eigenvalue weighted by atomic mass is 32.2. The molecule has 3 N–H and O–H groups in total. The average molecular weight is 302 g/mol. The second-order valence-corrected chi connectivity index (χ2v) is 6.40. The summed E-state index contributed by atoms with van der Waals surface area (Å²) in [6.07, 6.45) is 2.36. The minimum atomic E-state index is -3.88. The number of amides is 1. The molecule has 7 heteroatoms. The first-order valence-electron chi connectivity index (χ1n) is 6.64. The van der Waals surface area contributed by atoms with Gasteiger partial charge in [0.05, 0.1) is 0 Å². The zero-order chi connectivity index (χ0) is 15.6. The molecule has 0 spiro atoms. The van der Waals surface area contributed by atoms with Crippen LogP contribution in [0.25, 0.3) is 0 Å². The smallest absolute Gasteiger partial charge is 0.287 e. The molecule has 0 aliphatic heterocycles. The molecule has 6 nitrogen and oxygen atoms in total. The highest BCUT2D eigenvalue weighted by molar-refractivity contribution is 7.89. The van der Waals surface area contributed by atoms with Crippen LogP contribution in [0.3, 0.4) is 0 Å². The van der Waals surface area contributed by atoms with E-state index in [1.807, 2.05) is 20.8 Å². The van der Waals surface area contributed by atoms with Gasteiger partial charge in [0, 0.05) is 11.6 Å². The number of hydrogen-bond acceptors (Lipinski definition) is 4. The van der Waals surface area contributed by atoms with Crippen LogP contribution in [0.1, 0.15) is 56.3 Å². The van der Waals surface area contributed by atoms with Crippen molar-refractivity contribution in [2.75, 3.05) is 0 Å². The van der Waals surface area contributed by atoms with Gasteiger partial charge in [-0.25, -0.2) is 13.6 Å². The highest BCUT2D eigenvalue weighted by Crippen LogP contribution is 2.22. The largest absolute Gasteiger partial charge is 0.455 e. The fourth-order valence-corrected chi connectivity index (χ4v) is 2.89. The zero-order valence-electron chi connectivity index (χ0n) is 12.3. The molecule has 0 atom stereocenters. The van der Waals surface area contributed by atoms with Gasteiger partial charge in [-0.05, 0) is 26.2 Å². The van der Waals surface area contributed by atoms with Crippen LogP contribution in [-0.4, -0.2) is 19.9 Å². The Morgan fingerprint density at radius 3 is 2.15 bits per heavy atom. The normalized spacial score (nSPS) is 12.4. The van der Waals surface area contributed by atoms with Crippen LogP contribution in [0.2, 0.25) is 0 Å². The molecule has 0 aliphatic rings. The van der Waals surface area contributed by atoms with Crippen molar-refractivity contribution in [3.8, 4) is 0 Å². The SMILES string of the molecule is CCC(CC)(CC)NC(=O)c1cc(S(N)(=O)=O)c(C)o1. The summed E-state index contributed by atoms with van der Waals surface area (Å²) in [4.78, 5) is 12.0. The summed E-state index contributed by atoms with van der Waals surface area (Å²) in [5, 5.41) is 7.98. The predicted octanol–water partition coefficient (Wildman–Crippen LogP) is 1.93. The van der Waals surface area contributed by atoms with Crippen LogP contribution in [0, 0.1) is 6.92 Å². The number of rotatable bonds is 6. The summed E-state index contributed by atoms with van der Waals surface area (Å²) in [6.45, 7) is 7.45. The molecule has 1 amide bonds. The molecule has 114 valence electrons. The van der Waals surface area contributed by atoms with E-state index in [1.165, 1.54) is 13.0 Å². The number of carbonyl (C=O) groups is 1. The molecule has 20 heavy (non-hydrogen) atoms. The molecule has 0 aliphatic carbocycles. The molecule has 0 aromatic carbocycles. The van der Waals surface area contributed by atoms with Gasteiger partial charge in [-0.15, -0.1) is 0 Å². The molecule has 0 saturated heterocycles. The Balaban J connectivity index is 3.06. The lowest BCUT2D eigenvalue weighted by Crippen LogP contribution is -2.47. The second kappa shape index (κ2) is 5.97. The van der Waals surface area contributed by atoms with E-state index in [0.717, 1.165) is 19.3 Å².